The van der Waals surface area contributed by atoms with Crippen LogP contribution in [0.2, 0.25) is 0 Å². The highest BCUT2D eigenvalue weighted by molar-refractivity contribution is 4.86. The standard InChI is InChI=1S/C13H26N2O/c1-11-3-2-7-15(8-6-11)9-13(10-16)14-12-4-5-12/h11-14,16H,2-10H2,1H3. The van der Waals surface area contributed by atoms with E-state index in [4.69, 9.17) is 0 Å². The monoisotopic (exact) mass is 226 g/mol. The Hall–Kier alpha value is -0.120. The van der Waals surface area contributed by atoms with Crippen molar-refractivity contribution in [3.8, 4) is 0 Å². The molecule has 2 rings (SSSR count). The summed E-state index contributed by atoms with van der Waals surface area (Å²) < 4.78 is 0. The first kappa shape index (κ1) is 12.3. The third-order valence-corrected chi connectivity index (χ3v) is 3.86. The van der Waals surface area contributed by atoms with Gasteiger partial charge in [-0.1, -0.05) is 6.92 Å². The minimum absolute atomic E-state index is 0.280. The van der Waals surface area contributed by atoms with E-state index in [1.54, 1.807) is 0 Å². The zero-order valence-corrected chi connectivity index (χ0v) is 10.5. The molecule has 0 aromatic rings. The first-order valence-corrected chi connectivity index (χ1v) is 6.87. The molecule has 1 aliphatic carbocycles. The maximum absolute atomic E-state index is 9.37. The molecule has 0 spiro atoms. The SMILES string of the molecule is CC1CCCN(CC(CO)NC2CC2)CC1. The van der Waals surface area contributed by atoms with Crippen LogP contribution in [0.1, 0.15) is 39.0 Å². The molecule has 2 unspecified atom stereocenters. The van der Waals surface area contributed by atoms with Crippen LogP contribution in [-0.2, 0) is 0 Å². The zero-order valence-electron chi connectivity index (χ0n) is 10.5. The highest BCUT2D eigenvalue weighted by Crippen LogP contribution is 2.20. The lowest BCUT2D eigenvalue weighted by Gasteiger charge is -2.26. The molecule has 1 saturated heterocycles. The number of likely N-dealkylation sites (tertiary alicyclic amines) is 1. The summed E-state index contributed by atoms with van der Waals surface area (Å²) in [6.45, 7) is 6.09. The smallest absolute Gasteiger partial charge is 0.0597 e. The molecule has 94 valence electrons. The Bertz CT molecular complexity index is 206. The lowest BCUT2D eigenvalue weighted by molar-refractivity contribution is 0.182. The predicted molar refractivity (Wildman–Crippen MR) is 66.5 cm³/mol. The third-order valence-electron chi connectivity index (χ3n) is 3.86. The lowest BCUT2D eigenvalue weighted by atomic mass is 10.0. The van der Waals surface area contributed by atoms with Gasteiger partial charge >= 0.3 is 0 Å². The maximum Gasteiger partial charge on any atom is 0.0597 e. The number of aliphatic hydroxyl groups is 1. The van der Waals surface area contributed by atoms with Gasteiger partial charge in [-0.25, -0.2) is 0 Å². The molecule has 1 aliphatic heterocycles. The van der Waals surface area contributed by atoms with Crippen LogP contribution in [0, 0.1) is 5.92 Å². The molecule has 2 aliphatic rings. The second-order valence-corrected chi connectivity index (χ2v) is 5.66. The molecule has 1 heterocycles. The van der Waals surface area contributed by atoms with E-state index < -0.39 is 0 Å². The average molecular weight is 226 g/mol. The summed E-state index contributed by atoms with van der Waals surface area (Å²) in [6, 6.07) is 0.990. The van der Waals surface area contributed by atoms with Crippen molar-refractivity contribution in [1.82, 2.24) is 10.2 Å². The summed E-state index contributed by atoms with van der Waals surface area (Å²) in [5.41, 5.74) is 0. The number of rotatable bonds is 5. The Morgan fingerprint density at radius 3 is 2.75 bits per heavy atom. The lowest BCUT2D eigenvalue weighted by Crippen LogP contribution is -2.44. The quantitative estimate of drug-likeness (QED) is 0.740. The molecule has 2 atom stereocenters. The summed E-state index contributed by atoms with van der Waals surface area (Å²) in [4.78, 5) is 2.53. The third kappa shape index (κ3) is 4.04. The van der Waals surface area contributed by atoms with Crippen LogP contribution in [0.15, 0.2) is 0 Å². The van der Waals surface area contributed by atoms with Crippen molar-refractivity contribution >= 4 is 0 Å². The second-order valence-electron chi connectivity index (χ2n) is 5.66. The Labute approximate surface area is 99.2 Å². The van der Waals surface area contributed by atoms with Gasteiger partial charge in [0.1, 0.15) is 0 Å². The van der Waals surface area contributed by atoms with Gasteiger partial charge in [-0.3, -0.25) is 0 Å². The Morgan fingerprint density at radius 2 is 2.06 bits per heavy atom. The fourth-order valence-electron chi connectivity index (χ4n) is 2.56. The van der Waals surface area contributed by atoms with Gasteiger partial charge in [-0.15, -0.1) is 0 Å². The molecule has 0 radical (unpaired) electrons. The molecule has 3 nitrogen and oxygen atoms in total. The van der Waals surface area contributed by atoms with Crippen LogP contribution in [0.4, 0.5) is 0 Å². The van der Waals surface area contributed by atoms with Gasteiger partial charge in [-0.05, 0) is 51.1 Å². The zero-order chi connectivity index (χ0) is 11.4. The van der Waals surface area contributed by atoms with Crippen LogP contribution < -0.4 is 5.32 Å². The fraction of sp³-hybridized carbons (Fsp3) is 1.00. The van der Waals surface area contributed by atoms with Crippen molar-refractivity contribution in [2.45, 2.75) is 51.1 Å². The van der Waals surface area contributed by atoms with E-state index in [0.717, 1.165) is 12.5 Å². The van der Waals surface area contributed by atoms with Gasteiger partial charge < -0.3 is 15.3 Å². The molecule has 3 heteroatoms. The van der Waals surface area contributed by atoms with E-state index in [-0.39, 0.29) is 6.61 Å². The molecule has 0 aromatic heterocycles. The average Bonchev–Trinajstić information content (AvgIpc) is 3.08. The van der Waals surface area contributed by atoms with Crippen LogP contribution >= 0.6 is 0 Å². The number of nitrogens with zero attached hydrogens (tertiary/aromatic N) is 1. The largest absolute Gasteiger partial charge is 0.395 e. The van der Waals surface area contributed by atoms with Crippen molar-refractivity contribution < 1.29 is 5.11 Å². The molecule has 0 aromatic carbocycles. The summed E-state index contributed by atoms with van der Waals surface area (Å²) in [5, 5.41) is 12.9. The molecular weight excluding hydrogens is 200 g/mol. The van der Waals surface area contributed by atoms with E-state index in [9.17, 15) is 5.11 Å². The molecule has 2 fully saturated rings. The van der Waals surface area contributed by atoms with Crippen LogP contribution in [0.5, 0.6) is 0 Å². The van der Waals surface area contributed by atoms with Crippen molar-refractivity contribution in [2.24, 2.45) is 5.92 Å². The van der Waals surface area contributed by atoms with Gasteiger partial charge in [0.25, 0.3) is 0 Å². The minimum atomic E-state index is 0.280. The summed E-state index contributed by atoms with van der Waals surface area (Å²) >= 11 is 0. The van der Waals surface area contributed by atoms with Gasteiger partial charge in [0, 0.05) is 18.6 Å². The first-order valence-electron chi connectivity index (χ1n) is 6.87. The number of hydrogen-bond acceptors (Lipinski definition) is 3. The molecular formula is C13H26N2O. The van der Waals surface area contributed by atoms with Gasteiger partial charge in [-0.2, -0.15) is 0 Å². The molecule has 2 N–H and O–H groups in total. The van der Waals surface area contributed by atoms with Crippen molar-refractivity contribution in [2.75, 3.05) is 26.2 Å². The minimum Gasteiger partial charge on any atom is -0.395 e. The van der Waals surface area contributed by atoms with E-state index in [2.05, 4.69) is 17.1 Å². The first-order chi connectivity index (χ1) is 7.78. The maximum atomic E-state index is 9.37. The number of nitrogens with one attached hydrogen (secondary N) is 1. The van der Waals surface area contributed by atoms with Crippen LogP contribution in [-0.4, -0.2) is 48.3 Å². The predicted octanol–water partition coefficient (Wildman–Crippen LogP) is 1.22. The highest BCUT2D eigenvalue weighted by Gasteiger charge is 2.25. The van der Waals surface area contributed by atoms with Crippen molar-refractivity contribution in [1.29, 1.82) is 0 Å². The van der Waals surface area contributed by atoms with Gasteiger partial charge in [0.05, 0.1) is 6.61 Å². The molecule has 0 amide bonds. The van der Waals surface area contributed by atoms with Crippen molar-refractivity contribution in [3.63, 3.8) is 0 Å². The molecule has 0 bridgehead atoms. The van der Waals surface area contributed by atoms with Crippen LogP contribution in [0.25, 0.3) is 0 Å². The van der Waals surface area contributed by atoms with E-state index in [0.29, 0.717) is 12.1 Å². The van der Waals surface area contributed by atoms with E-state index in [1.165, 1.54) is 45.2 Å². The summed E-state index contributed by atoms with van der Waals surface area (Å²) in [6.07, 6.45) is 6.61. The van der Waals surface area contributed by atoms with Gasteiger partial charge in [0.2, 0.25) is 0 Å². The normalized spacial score (nSPS) is 30.0. The number of hydrogen-bond donors (Lipinski definition) is 2. The molecule has 16 heavy (non-hydrogen) atoms. The topological polar surface area (TPSA) is 35.5 Å². The highest BCUT2D eigenvalue weighted by atomic mass is 16.3. The van der Waals surface area contributed by atoms with E-state index in [1.807, 2.05) is 0 Å². The Kier molecular flexibility index (Phi) is 4.62. The Balaban J connectivity index is 1.72. The second kappa shape index (κ2) is 5.99. The summed E-state index contributed by atoms with van der Waals surface area (Å²) in [7, 11) is 0. The number of aliphatic hydroxyl groups excluding tert-OH is 1. The fourth-order valence-corrected chi connectivity index (χ4v) is 2.56. The molecule has 1 saturated carbocycles. The summed E-state index contributed by atoms with van der Waals surface area (Å²) in [5.74, 6) is 0.883. The van der Waals surface area contributed by atoms with Crippen molar-refractivity contribution in [3.05, 3.63) is 0 Å². The van der Waals surface area contributed by atoms with Crippen LogP contribution in [0.3, 0.4) is 0 Å². The van der Waals surface area contributed by atoms with E-state index >= 15 is 0 Å². The Morgan fingerprint density at radius 1 is 1.25 bits per heavy atom. The van der Waals surface area contributed by atoms with Gasteiger partial charge in [0.15, 0.2) is 0 Å².